The molecule has 9 atom stereocenters. The molecule has 7 heteroatoms. The second-order valence-electron chi connectivity index (χ2n) is 10.0. The minimum absolute atomic E-state index is 0.0828. The van der Waals surface area contributed by atoms with Crippen LogP contribution in [0, 0.1) is 46.3 Å². The van der Waals surface area contributed by atoms with E-state index in [0.717, 1.165) is 31.3 Å². The molecule has 3 rings (SSSR count). The van der Waals surface area contributed by atoms with E-state index in [1.54, 1.807) is 0 Å². The maximum Gasteiger partial charge on any atom is 0.303 e. The fraction of sp³-hybridized carbons (Fsp3) is 0.760. The Morgan fingerprint density at radius 3 is 2.16 bits per heavy atom. The first-order valence-electron chi connectivity index (χ1n) is 11.6. The Labute approximate surface area is 190 Å². The lowest BCUT2D eigenvalue weighted by atomic mass is 9.44. The van der Waals surface area contributed by atoms with Crippen LogP contribution in [0.5, 0.6) is 0 Å². The molecule has 0 bridgehead atoms. The number of allylic oxidation sites excluding steroid dienone is 1. The number of ether oxygens (including phenoxy) is 3. The molecule has 3 aliphatic rings. The van der Waals surface area contributed by atoms with E-state index >= 15 is 0 Å². The van der Waals surface area contributed by atoms with Crippen molar-refractivity contribution in [3.8, 4) is 6.07 Å². The Bertz CT molecular complexity index is 831. The quantitative estimate of drug-likeness (QED) is 0.366. The van der Waals surface area contributed by atoms with E-state index in [4.69, 9.17) is 14.2 Å². The van der Waals surface area contributed by atoms with Crippen LogP contribution in [0.15, 0.2) is 12.2 Å². The maximum absolute atomic E-state index is 12.2. The van der Waals surface area contributed by atoms with Crippen molar-refractivity contribution in [3.63, 3.8) is 0 Å². The molecule has 0 radical (unpaired) electrons. The first kappa shape index (κ1) is 24.3. The number of nitrogens with zero attached hydrogens (tertiary/aromatic N) is 1. The van der Waals surface area contributed by atoms with Crippen molar-refractivity contribution in [2.24, 2.45) is 35.0 Å². The van der Waals surface area contributed by atoms with Gasteiger partial charge in [-0.15, -0.1) is 0 Å². The third kappa shape index (κ3) is 4.16. The van der Waals surface area contributed by atoms with Crippen LogP contribution in [0.25, 0.3) is 0 Å². The van der Waals surface area contributed by atoms with Crippen molar-refractivity contribution in [2.75, 3.05) is 0 Å². The maximum atomic E-state index is 12.2. The molecule has 3 aliphatic carbocycles. The normalized spacial score (nSPS) is 40.8. The summed E-state index contributed by atoms with van der Waals surface area (Å²) in [7, 11) is 0. The topological polar surface area (TPSA) is 103 Å². The van der Waals surface area contributed by atoms with Crippen LogP contribution in [0.1, 0.15) is 66.7 Å². The third-order valence-corrected chi connectivity index (χ3v) is 8.34. The Kier molecular flexibility index (Phi) is 7.02. The van der Waals surface area contributed by atoms with E-state index in [0.29, 0.717) is 6.42 Å². The van der Waals surface area contributed by atoms with E-state index in [9.17, 15) is 19.6 Å². The van der Waals surface area contributed by atoms with E-state index in [1.807, 2.05) is 6.92 Å². The van der Waals surface area contributed by atoms with E-state index < -0.39 is 41.6 Å². The van der Waals surface area contributed by atoms with Gasteiger partial charge < -0.3 is 14.2 Å². The molecule has 0 amide bonds. The SMILES string of the molecule is C=C1CC[C@H]2[C@@H](CC[C@H]3[C@H](C)[C@@H](OC(C)=O)[C@@H](OC(C)=O)[C@H](OC(C)=O)[C@@]32C)[C@@H]1CC#N. The van der Waals surface area contributed by atoms with Gasteiger partial charge in [0.15, 0.2) is 6.10 Å². The van der Waals surface area contributed by atoms with Crippen molar-refractivity contribution >= 4 is 17.9 Å². The zero-order chi connectivity index (χ0) is 23.8. The van der Waals surface area contributed by atoms with Crippen LogP contribution in [0.3, 0.4) is 0 Å². The number of hydrogen-bond donors (Lipinski definition) is 0. The van der Waals surface area contributed by atoms with Gasteiger partial charge in [0, 0.05) is 38.5 Å². The Hall–Kier alpha value is -2.36. The highest BCUT2D eigenvalue weighted by atomic mass is 16.6. The molecule has 7 nitrogen and oxygen atoms in total. The van der Waals surface area contributed by atoms with E-state index in [1.165, 1.54) is 20.8 Å². The minimum Gasteiger partial charge on any atom is -0.458 e. The van der Waals surface area contributed by atoms with E-state index in [2.05, 4.69) is 19.6 Å². The predicted molar refractivity (Wildman–Crippen MR) is 116 cm³/mol. The fourth-order valence-electron chi connectivity index (χ4n) is 7.22. The van der Waals surface area contributed by atoms with Crippen LogP contribution in [-0.2, 0) is 28.6 Å². The molecular weight excluding hydrogens is 410 g/mol. The number of carbonyl (C=O) groups excluding carboxylic acids is 3. The average Bonchev–Trinajstić information content (AvgIpc) is 2.69. The standard InChI is InChI=1S/C25H35NO6/c1-13-7-9-21-19(18(13)11-12-26)8-10-20-14(2)22(30-15(3)27)23(31-16(4)28)24(25(20,21)6)32-17(5)29/h14,18-24H,1,7-11H2,2-6H3/t14-,18+,19-,20-,21-,22+,23+,24-,25-/m0/s1. The van der Waals surface area contributed by atoms with Gasteiger partial charge in [0.05, 0.1) is 6.07 Å². The second kappa shape index (κ2) is 9.25. The molecule has 0 spiro atoms. The van der Waals surface area contributed by atoms with Crippen molar-refractivity contribution in [2.45, 2.75) is 85.0 Å². The molecule has 0 N–H and O–H groups in total. The molecule has 3 saturated carbocycles. The number of nitriles is 1. The Morgan fingerprint density at radius 2 is 1.59 bits per heavy atom. The van der Waals surface area contributed by atoms with E-state index in [-0.39, 0.29) is 29.6 Å². The zero-order valence-corrected chi connectivity index (χ0v) is 19.8. The molecule has 0 aromatic rings. The molecule has 0 aromatic carbocycles. The van der Waals surface area contributed by atoms with Gasteiger partial charge in [-0.25, -0.2) is 0 Å². The Balaban J connectivity index is 2.11. The highest BCUT2D eigenvalue weighted by Gasteiger charge is 2.65. The van der Waals surface area contributed by atoms with Gasteiger partial charge in [-0.2, -0.15) is 5.26 Å². The van der Waals surface area contributed by atoms with Crippen molar-refractivity contribution in [1.82, 2.24) is 0 Å². The molecule has 176 valence electrons. The highest BCUT2D eigenvalue weighted by Crippen LogP contribution is 2.63. The van der Waals surface area contributed by atoms with Gasteiger partial charge >= 0.3 is 17.9 Å². The number of rotatable bonds is 4. The smallest absolute Gasteiger partial charge is 0.303 e. The fourth-order valence-corrected chi connectivity index (χ4v) is 7.22. The number of esters is 3. The lowest BCUT2D eigenvalue weighted by Crippen LogP contribution is -2.68. The molecule has 0 aliphatic heterocycles. The molecule has 0 heterocycles. The summed E-state index contributed by atoms with van der Waals surface area (Å²) >= 11 is 0. The minimum atomic E-state index is -0.880. The van der Waals surface area contributed by atoms with Crippen molar-refractivity contribution in [3.05, 3.63) is 12.2 Å². The molecule has 0 saturated heterocycles. The predicted octanol–water partition coefficient (Wildman–Crippen LogP) is 3.96. The first-order valence-corrected chi connectivity index (χ1v) is 11.6. The van der Waals surface area contributed by atoms with Gasteiger partial charge in [0.2, 0.25) is 0 Å². The number of hydrogen-bond acceptors (Lipinski definition) is 7. The molecule has 32 heavy (non-hydrogen) atoms. The summed E-state index contributed by atoms with van der Waals surface area (Å²) in [5.41, 5.74) is 0.635. The summed E-state index contributed by atoms with van der Waals surface area (Å²) in [6.45, 7) is 12.4. The summed E-state index contributed by atoms with van der Waals surface area (Å²) in [5, 5.41) is 9.43. The lowest BCUT2D eigenvalue weighted by molar-refractivity contribution is -0.254. The molecule has 0 unspecified atom stereocenters. The first-order chi connectivity index (χ1) is 15.0. The number of carbonyl (C=O) groups is 3. The van der Waals surface area contributed by atoms with Crippen molar-refractivity contribution in [1.29, 1.82) is 5.26 Å². The molecule has 0 aromatic heterocycles. The third-order valence-electron chi connectivity index (χ3n) is 8.34. The summed E-state index contributed by atoms with van der Waals surface area (Å²) in [4.78, 5) is 36.2. The van der Waals surface area contributed by atoms with Crippen LogP contribution >= 0.6 is 0 Å². The second-order valence-corrected chi connectivity index (χ2v) is 10.0. The highest BCUT2D eigenvalue weighted by molar-refractivity contribution is 5.68. The molecule has 3 fully saturated rings. The Morgan fingerprint density at radius 1 is 1.00 bits per heavy atom. The summed E-state index contributed by atoms with van der Waals surface area (Å²) < 4.78 is 17.3. The monoisotopic (exact) mass is 445 g/mol. The largest absolute Gasteiger partial charge is 0.458 e. The zero-order valence-electron chi connectivity index (χ0n) is 19.8. The van der Waals surface area contributed by atoms with Gasteiger partial charge in [-0.3, -0.25) is 14.4 Å². The summed E-state index contributed by atoms with van der Waals surface area (Å²) in [6.07, 6.45) is 1.62. The van der Waals surface area contributed by atoms with Crippen LogP contribution in [-0.4, -0.2) is 36.2 Å². The van der Waals surface area contributed by atoms with Gasteiger partial charge in [0.25, 0.3) is 0 Å². The summed E-state index contributed by atoms with van der Waals surface area (Å²) in [5.74, 6) is -0.855. The van der Waals surface area contributed by atoms with Gasteiger partial charge in [-0.05, 0) is 49.4 Å². The average molecular weight is 446 g/mol. The van der Waals surface area contributed by atoms with Crippen LogP contribution in [0.2, 0.25) is 0 Å². The van der Waals surface area contributed by atoms with Crippen LogP contribution < -0.4 is 0 Å². The van der Waals surface area contributed by atoms with Crippen molar-refractivity contribution < 1.29 is 28.6 Å². The van der Waals surface area contributed by atoms with Gasteiger partial charge in [-0.1, -0.05) is 26.0 Å². The van der Waals surface area contributed by atoms with Gasteiger partial charge in [0.1, 0.15) is 12.2 Å². The lowest BCUT2D eigenvalue weighted by Gasteiger charge is -2.63. The van der Waals surface area contributed by atoms with Crippen LogP contribution in [0.4, 0.5) is 0 Å². The summed E-state index contributed by atoms with van der Waals surface area (Å²) in [6, 6.07) is 2.33. The molecular formula is C25H35NO6. The number of fused-ring (bicyclic) bond motifs is 3.